The van der Waals surface area contributed by atoms with Crippen molar-refractivity contribution in [1.29, 1.82) is 0 Å². The average molecular weight is 530 g/mol. The fourth-order valence-corrected chi connectivity index (χ4v) is 3.88. The predicted molar refractivity (Wildman–Crippen MR) is 143 cm³/mol. The number of ether oxygens (including phenoxy) is 1. The first-order valence-electron chi connectivity index (χ1n) is 12.1. The number of carboxylic acids is 1. The summed E-state index contributed by atoms with van der Waals surface area (Å²) >= 11 is 0. The minimum absolute atomic E-state index is 0.00954. The molecule has 3 aromatic rings. The van der Waals surface area contributed by atoms with E-state index in [0.717, 1.165) is 16.7 Å². The van der Waals surface area contributed by atoms with E-state index >= 15 is 0 Å². The molecule has 1 aliphatic heterocycles. The molecule has 4 rings (SSSR count). The minimum Gasteiger partial charge on any atom is -0.481 e. The van der Waals surface area contributed by atoms with Crippen molar-refractivity contribution in [3.8, 4) is 0 Å². The highest BCUT2D eigenvalue weighted by Crippen LogP contribution is 2.22. The number of hydrogen-bond acceptors (Lipinski definition) is 6. The summed E-state index contributed by atoms with van der Waals surface area (Å²) in [5.41, 5.74) is 9.71. The number of fused-ring (bicyclic) bond motifs is 1. The number of amidine groups is 1. The van der Waals surface area contributed by atoms with Gasteiger partial charge in [0.05, 0.1) is 6.42 Å². The van der Waals surface area contributed by atoms with E-state index in [0.29, 0.717) is 16.8 Å². The molecule has 3 amide bonds. The number of anilines is 1. The summed E-state index contributed by atoms with van der Waals surface area (Å²) in [5.74, 6) is -1.86. The van der Waals surface area contributed by atoms with Crippen molar-refractivity contribution >= 4 is 35.4 Å². The number of amides is 3. The highest BCUT2D eigenvalue weighted by atomic mass is 16.5. The van der Waals surface area contributed by atoms with Crippen LogP contribution in [0.25, 0.3) is 0 Å². The number of hydrogen-bond donors (Lipinski definition) is 5. The second kappa shape index (κ2) is 12.4. The molecule has 0 spiro atoms. The molecule has 1 heterocycles. The summed E-state index contributed by atoms with van der Waals surface area (Å²) in [6, 6.07) is 20.1. The number of carbonyl (C=O) groups excluding carboxylic acids is 3. The molecule has 1 atom stereocenters. The van der Waals surface area contributed by atoms with Gasteiger partial charge in [-0.05, 0) is 28.8 Å². The molecule has 0 fully saturated rings. The molecule has 0 unspecified atom stereocenters. The third-order valence-corrected chi connectivity index (χ3v) is 5.97. The van der Waals surface area contributed by atoms with Gasteiger partial charge in [0.25, 0.3) is 5.91 Å². The summed E-state index contributed by atoms with van der Waals surface area (Å²) in [6.45, 7) is 0.539. The zero-order chi connectivity index (χ0) is 27.8. The van der Waals surface area contributed by atoms with Crippen molar-refractivity contribution in [3.05, 3.63) is 101 Å². The van der Waals surface area contributed by atoms with Crippen molar-refractivity contribution in [2.75, 3.05) is 5.32 Å². The Morgan fingerprint density at radius 3 is 2.44 bits per heavy atom. The standard InChI is InChI=1S/C28H27N5O6/c29-25(33-28(38)39-16-18-4-2-1-3-5-18)19-8-6-17(7-9-19)14-30-26(36)20-10-11-21-15-31-27(37)23(13-24(34)35)32-22(21)12-20/h1-12,23,32H,13-16H2,(H,30,36)(H,31,37)(H,34,35)(H2,29,33,38)/t23-/m1/s1. The van der Waals surface area contributed by atoms with Crippen molar-refractivity contribution in [2.24, 2.45) is 10.7 Å². The van der Waals surface area contributed by atoms with Gasteiger partial charge in [0.15, 0.2) is 0 Å². The number of aliphatic carboxylic acids is 1. The van der Waals surface area contributed by atoms with Crippen molar-refractivity contribution in [1.82, 2.24) is 10.6 Å². The van der Waals surface area contributed by atoms with E-state index in [1.807, 2.05) is 30.3 Å². The van der Waals surface area contributed by atoms with E-state index in [2.05, 4.69) is 20.9 Å². The molecule has 0 saturated carbocycles. The van der Waals surface area contributed by atoms with Gasteiger partial charge in [0, 0.05) is 29.9 Å². The SMILES string of the molecule is NC(=NC(=O)OCc1ccccc1)c1ccc(CNC(=O)c2ccc3c(c2)N[C@H](CC(=O)O)C(=O)NC3)cc1. The number of nitrogens with zero attached hydrogens (tertiary/aromatic N) is 1. The summed E-state index contributed by atoms with van der Waals surface area (Å²) in [6.07, 6.45) is -1.18. The van der Waals surface area contributed by atoms with Crippen molar-refractivity contribution in [2.45, 2.75) is 32.2 Å². The zero-order valence-electron chi connectivity index (χ0n) is 20.8. The molecular weight excluding hydrogens is 502 g/mol. The summed E-state index contributed by atoms with van der Waals surface area (Å²) in [5, 5.41) is 17.5. The molecular formula is C28H27N5O6. The molecule has 6 N–H and O–H groups in total. The normalized spacial score (nSPS) is 14.7. The second-order valence-corrected chi connectivity index (χ2v) is 8.80. The average Bonchev–Trinajstić information content (AvgIpc) is 3.08. The smallest absolute Gasteiger partial charge is 0.435 e. The molecule has 39 heavy (non-hydrogen) atoms. The molecule has 0 aliphatic carbocycles. The Morgan fingerprint density at radius 2 is 1.72 bits per heavy atom. The highest BCUT2D eigenvalue weighted by Gasteiger charge is 2.25. The number of aliphatic imine (C=N–C) groups is 1. The summed E-state index contributed by atoms with van der Waals surface area (Å²) in [7, 11) is 0. The largest absolute Gasteiger partial charge is 0.481 e. The third kappa shape index (κ3) is 7.41. The lowest BCUT2D eigenvalue weighted by atomic mass is 10.1. The fourth-order valence-electron chi connectivity index (χ4n) is 3.88. The van der Waals surface area contributed by atoms with Gasteiger partial charge in [0.1, 0.15) is 18.5 Å². The number of carboxylic acid groups (broad SMARTS) is 1. The van der Waals surface area contributed by atoms with Crippen LogP contribution >= 0.6 is 0 Å². The van der Waals surface area contributed by atoms with Crippen LogP contribution in [0.3, 0.4) is 0 Å². The number of nitrogens with one attached hydrogen (secondary N) is 3. The predicted octanol–water partition coefficient (Wildman–Crippen LogP) is 2.54. The lowest BCUT2D eigenvalue weighted by molar-refractivity contribution is -0.139. The van der Waals surface area contributed by atoms with E-state index in [-0.39, 0.29) is 37.9 Å². The molecule has 11 nitrogen and oxygen atoms in total. The van der Waals surface area contributed by atoms with Crippen LogP contribution < -0.4 is 21.7 Å². The molecule has 0 bridgehead atoms. The molecule has 1 aliphatic rings. The van der Waals surface area contributed by atoms with Gasteiger partial charge in [-0.15, -0.1) is 0 Å². The second-order valence-electron chi connectivity index (χ2n) is 8.80. The van der Waals surface area contributed by atoms with Crippen LogP contribution in [0.5, 0.6) is 0 Å². The van der Waals surface area contributed by atoms with Gasteiger partial charge < -0.3 is 31.5 Å². The fraction of sp³-hybridized carbons (Fsp3) is 0.179. The quantitative estimate of drug-likeness (QED) is 0.219. The van der Waals surface area contributed by atoms with E-state index in [9.17, 15) is 19.2 Å². The minimum atomic E-state index is -1.11. The van der Waals surface area contributed by atoms with Gasteiger partial charge in [-0.2, -0.15) is 4.99 Å². The number of nitrogens with two attached hydrogens (primary N) is 1. The Kier molecular flexibility index (Phi) is 8.52. The molecule has 200 valence electrons. The summed E-state index contributed by atoms with van der Waals surface area (Å²) < 4.78 is 5.12. The van der Waals surface area contributed by atoms with Crippen LogP contribution in [-0.2, 0) is 34.0 Å². The van der Waals surface area contributed by atoms with Gasteiger partial charge in [-0.3, -0.25) is 14.4 Å². The third-order valence-electron chi connectivity index (χ3n) is 5.97. The van der Waals surface area contributed by atoms with Gasteiger partial charge >= 0.3 is 12.1 Å². The van der Waals surface area contributed by atoms with Crippen molar-refractivity contribution < 1.29 is 29.0 Å². The molecule has 0 aromatic heterocycles. The monoisotopic (exact) mass is 529 g/mol. The zero-order valence-corrected chi connectivity index (χ0v) is 20.8. The van der Waals surface area contributed by atoms with E-state index in [4.69, 9.17) is 15.6 Å². The van der Waals surface area contributed by atoms with Gasteiger partial charge in [-0.25, -0.2) is 4.79 Å². The van der Waals surface area contributed by atoms with E-state index in [1.54, 1.807) is 42.5 Å². The Hall–Kier alpha value is -5.19. The number of benzene rings is 3. The maximum Gasteiger partial charge on any atom is 0.435 e. The Labute approximate surface area is 224 Å². The van der Waals surface area contributed by atoms with Crippen LogP contribution in [0.1, 0.15) is 39.0 Å². The molecule has 3 aromatic carbocycles. The Bertz CT molecular complexity index is 1410. The first-order valence-corrected chi connectivity index (χ1v) is 12.1. The van der Waals surface area contributed by atoms with Crippen LogP contribution in [-0.4, -0.2) is 40.9 Å². The number of carbonyl (C=O) groups is 4. The molecule has 0 radical (unpaired) electrons. The maximum atomic E-state index is 12.8. The topological polar surface area (TPSA) is 172 Å². The lowest BCUT2D eigenvalue weighted by Crippen LogP contribution is -2.38. The van der Waals surface area contributed by atoms with E-state index < -0.39 is 24.0 Å². The Morgan fingerprint density at radius 1 is 1.00 bits per heavy atom. The number of rotatable bonds is 8. The van der Waals surface area contributed by atoms with Crippen molar-refractivity contribution in [3.63, 3.8) is 0 Å². The Balaban J connectivity index is 1.33. The first kappa shape index (κ1) is 26.9. The van der Waals surface area contributed by atoms with Crippen LogP contribution in [0.4, 0.5) is 10.5 Å². The summed E-state index contributed by atoms with van der Waals surface area (Å²) in [4.78, 5) is 51.8. The molecule has 11 heteroatoms. The van der Waals surface area contributed by atoms with Crippen LogP contribution in [0.2, 0.25) is 0 Å². The van der Waals surface area contributed by atoms with Gasteiger partial charge in [0.2, 0.25) is 5.91 Å². The maximum absolute atomic E-state index is 12.8. The van der Waals surface area contributed by atoms with Gasteiger partial charge in [-0.1, -0.05) is 60.7 Å². The van der Waals surface area contributed by atoms with Crippen LogP contribution in [0.15, 0.2) is 77.8 Å². The van der Waals surface area contributed by atoms with Crippen LogP contribution in [0, 0.1) is 0 Å². The first-order chi connectivity index (χ1) is 18.8. The highest BCUT2D eigenvalue weighted by molar-refractivity contribution is 6.02. The molecule has 0 saturated heterocycles. The van der Waals surface area contributed by atoms with E-state index in [1.165, 1.54) is 0 Å². The lowest BCUT2D eigenvalue weighted by Gasteiger charge is -2.15.